The largest absolute Gasteiger partial charge is 0.338 e. The molecule has 5 rings (SSSR count). The van der Waals surface area contributed by atoms with Crippen molar-refractivity contribution in [1.82, 2.24) is 25.2 Å². The van der Waals surface area contributed by atoms with Crippen LogP contribution in [-0.4, -0.2) is 53.1 Å². The van der Waals surface area contributed by atoms with Crippen molar-refractivity contribution in [2.45, 2.75) is 18.2 Å². The van der Waals surface area contributed by atoms with Crippen molar-refractivity contribution in [1.29, 1.82) is 0 Å². The first-order valence-corrected chi connectivity index (χ1v) is 10.5. The third-order valence-corrected chi connectivity index (χ3v) is 5.51. The molecule has 0 amide bonds. The summed E-state index contributed by atoms with van der Waals surface area (Å²) in [6.45, 7) is 6.92. The standard InChI is InChI=1S/C17H13N3S.C6H14N2/c1-10-7-11-3-2-6-18-15(11)9-13(10)17-19-14-5-4-12(21)8-16(14)20-17;1-8-5-2-3-7-4-6-8/h2-9,21H,1H3,(H,19,20);7H,2-6H2,1H3. The Kier molecular flexibility index (Phi) is 6.13. The molecule has 0 spiro atoms. The minimum absolute atomic E-state index is 0.869. The summed E-state index contributed by atoms with van der Waals surface area (Å²) >= 11 is 4.37. The minimum atomic E-state index is 0.869. The summed E-state index contributed by atoms with van der Waals surface area (Å²) < 4.78 is 0. The van der Waals surface area contributed by atoms with Crippen LogP contribution in [0.3, 0.4) is 0 Å². The van der Waals surface area contributed by atoms with Crippen molar-refractivity contribution < 1.29 is 0 Å². The van der Waals surface area contributed by atoms with Gasteiger partial charge >= 0.3 is 0 Å². The fourth-order valence-corrected chi connectivity index (χ4v) is 3.80. The number of H-pyrrole nitrogens is 1. The Hall–Kier alpha value is -2.41. The maximum absolute atomic E-state index is 4.67. The molecular formula is C23H27N5S. The maximum atomic E-state index is 4.67. The lowest BCUT2D eigenvalue weighted by Crippen LogP contribution is -2.23. The number of hydrogen-bond donors (Lipinski definition) is 3. The van der Waals surface area contributed by atoms with E-state index in [2.05, 4.69) is 70.0 Å². The van der Waals surface area contributed by atoms with Gasteiger partial charge in [0.1, 0.15) is 5.82 Å². The summed E-state index contributed by atoms with van der Waals surface area (Å²) in [6, 6.07) is 14.2. The molecule has 3 heterocycles. The molecule has 1 saturated heterocycles. The number of aryl methyl sites for hydroxylation is 1. The number of fused-ring (bicyclic) bond motifs is 2. The molecule has 0 bridgehead atoms. The van der Waals surface area contributed by atoms with Crippen LogP contribution in [0.25, 0.3) is 33.3 Å². The van der Waals surface area contributed by atoms with Gasteiger partial charge in [0.25, 0.3) is 0 Å². The molecule has 0 saturated carbocycles. The molecule has 1 fully saturated rings. The van der Waals surface area contributed by atoms with Gasteiger partial charge in [-0.25, -0.2) is 4.98 Å². The van der Waals surface area contributed by atoms with E-state index in [1.807, 2.05) is 30.5 Å². The zero-order chi connectivity index (χ0) is 20.2. The molecule has 2 N–H and O–H groups in total. The van der Waals surface area contributed by atoms with Crippen molar-refractivity contribution in [2.24, 2.45) is 0 Å². The Morgan fingerprint density at radius 3 is 2.83 bits per heavy atom. The van der Waals surface area contributed by atoms with Crippen LogP contribution in [0.1, 0.15) is 12.0 Å². The van der Waals surface area contributed by atoms with Crippen molar-refractivity contribution in [2.75, 3.05) is 33.2 Å². The number of pyridine rings is 1. The predicted molar refractivity (Wildman–Crippen MR) is 124 cm³/mol. The Morgan fingerprint density at radius 2 is 1.93 bits per heavy atom. The third kappa shape index (κ3) is 4.78. The molecule has 29 heavy (non-hydrogen) atoms. The highest BCUT2D eigenvalue weighted by Crippen LogP contribution is 2.28. The Labute approximate surface area is 177 Å². The van der Waals surface area contributed by atoms with Crippen LogP contribution < -0.4 is 5.32 Å². The summed E-state index contributed by atoms with van der Waals surface area (Å²) in [5, 5.41) is 4.48. The van der Waals surface area contributed by atoms with E-state index < -0.39 is 0 Å². The van der Waals surface area contributed by atoms with Gasteiger partial charge in [-0.1, -0.05) is 6.07 Å². The van der Waals surface area contributed by atoms with E-state index in [1.54, 1.807) is 0 Å². The molecule has 0 unspecified atom stereocenters. The Morgan fingerprint density at radius 1 is 1.03 bits per heavy atom. The van der Waals surface area contributed by atoms with Gasteiger partial charge in [0.2, 0.25) is 0 Å². The van der Waals surface area contributed by atoms with Gasteiger partial charge in [-0.2, -0.15) is 0 Å². The second kappa shape index (κ2) is 8.95. The molecule has 1 aliphatic rings. The van der Waals surface area contributed by atoms with Crippen LogP contribution in [0.5, 0.6) is 0 Å². The maximum Gasteiger partial charge on any atom is 0.138 e. The van der Waals surface area contributed by atoms with Gasteiger partial charge in [-0.3, -0.25) is 4.98 Å². The van der Waals surface area contributed by atoms with Crippen LogP contribution in [-0.2, 0) is 0 Å². The van der Waals surface area contributed by atoms with E-state index in [-0.39, 0.29) is 0 Å². The molecule has 1 aliphatic heterocycles. The number of aromatic amines is 1. The van der Waals surface area contributed by atoms with Crippen molar-refractivity contribution in [3.05, 3.63) is 54.2 Å². The summed E-state index contributed by atoms with van der Waals surface area (Å²) in [4.78, 5) is 15.8. The summed E-state index contributed by atoms with van der Waals surface area (Å²) in [5.41, 5.74) is 5.19. The lowest BCUT2D eigenvalue weighted by Gasteiger charge is -2.09. The molecular weight excluding hydrogens is 378 g/mol. The van der Waals surface area contributed by atoms with Gasteiger partial charge in [0.15, 0.2) is 0 Å². The number of rotatable bonds is 1. The molecule has 0 atom stereocenters. The smallest absolute Gasteiger partial charge is 0.138 e. The highest BCUT2D eigenvalue weighted by Gasteiger charge is 2.10. The van der Waals surface area contributed by atoms with Gasteiger partial charge in [0, 0.05) is 35.1 Å². The first-order valence-electron chi connectivity index (χ1n) is 10.0. The molecule has 150 valence electrons. The third-order valence-electron chi connectivity index (χ3n) is 5.23. The highest BCUT2D eigenvalue weighted by atomic mass is 32.1. The summed E-state index contributed by atoms with van der Waals surface area (Å²) in [7, 11) is 2.17. The lowest BCUT2D eigenvalue weighted by atomic mass is 10.0. The van der Waals surface area contributed by atoms with Crippen LogP contribution in [0.2, 0.25) is 0 Å². The number of aromatic nitrogens is 3. The lowest BCUT2D eigenvalue weighted by molar-refractivity contribution is 0.358. The van der Waals surface area contributed by atoms with E-state index in [1.165, 1.54) is 31.6 Å². The molecule has 2 aromatic heterocycles. The van der Waals surface area contributed by atoms with Crippen molar-refractivity contribution in [3.63, 3.8) is 0 Å². The van der Waals surface area contributed by atoms with E-state index in [4.69, 9.17) is 0 Å². The summed E-state index contributed by atoms with van der Waals surface area (Å²) in [5.74, 6) is 0.869. The first-order chi connectivity index (χ1) is 14.1. The highest BCUT2D eigenvalue weighted by molar-refractivity contribution is 7.80. The van der Waals surface area contributed by atoms with Crippen LogP contribution in [0.4, 0.5) is 0 Å². The van der Waals surface area contributed by atoms with Gasteiger partial charge in [0.05, 0.1) is 16.6 Å². The second-order valence-corrected chi connectivity index (χ2v) is 8.07. The Bertz CT molecular complexity index is 1110. The predicted octanol–water partition coefficient (Wildman–Crippen LogP) is 4.29. The monoisotopic (exact) mass is 405 g/mol. The van der Waals surface area contributed by atoms with Crippen LogP contribution >= 0.6 is 12.6 Å². The zero-order valence-electron chi connectivity index (χ0n) is 16.9. The fourth-order valence-electron chi connectivity index (χ4n) is 3.60. The van der Waals surface area contributed by atoms with Crippen LogP contribution in [0.15, 0.2) is 53.6 Å². The van der Waals surface area contributed by atoms with E-state index in [0.717, 1.165) is 44.8 Å². The quantitative estimate of drug-likeness (QED) is 0.414. The van der Waals surface area contributed by atoms with Crippen molar-refractivity contribution >= 4 is 34.6 Å². The van der Waals surface area contributed by atoms with E-state index in [9.17, 15) is 0 Å². The van der Waals surface area contributed by atoms with E-state index in [0.29, 0.717) is 0 Å². The van der Waals surface area contributed by atoms with Gasteiger partial charge in [-0.05, 0) is 75.4 Å². The number of nitrogens with zero attached hydrogens (tertiary/aromatic N) is 3. The van der Waals surface area contributed by atoms with Gasteiger partial charge < -0.3 is 15.2 Å². The topological polar surface area (TPSA) is 56.8 Å². The molecule has 0 aliphatic carbocycles. The molecule has 5 nitrogen and oxygen atoms in total. The minimum Gasteiger partial charge on any atom is -0.338 e. The van der Waals surface area contributed by atoms with E-state index >= 15 is 0 Å². The SMILES string of the molecule is CN1CCCNCC1.Cc1cc2cccnc2cc1-c1nc2ccc(S)cc2[nH]1. The average Bonchev–Trinajstić information content (AvgIpc) is 2.98. The molecule has 6 heteroatoms. The zero-order valence-corrected chi connectivity index (χ0v) is 17.8. The number of likely N-dealkylation sites (N-methyl/N-ethyl adjacent to an activating group) is 1. The Balaban J connectivity index is 0.000000216. The molecule has 2 aromatic carbocycles. The summed E-state index contributed by atoms with van der Waals surface area (Å²) in [6.07, 6.45) is 3.11. The number of hydrogen-bond acceptors (Lipinski definition) is 5. The number of benzene rings is 2. The first kappa shape index (κ1) is 19.9. The average molecular weight is 406 g/mol. The van der Waals surface area contributed by atoms with Crippen LogP contribution in [0, 0.1) is 6.92 Å². The molecule has 4 aromatic rings. The number of imidazole rings is 1. The second-order valence-electron chi connectivity index (χ2n) is 7.56. The fraction of sp³-hybridized carbons (Fsp3) is 0.304. The number of thiol groups is 1. The molecule has 0 radical (unpaired) electrons. The number of nitrogens with one attached hydrogen (secondary N) is 2. The van der Waals surface area contributed by atoms with Crippen molar-refractivity contribution in [3.8, 4) is 11.4 Å². The van der Waals surface area contributed by atoms with Gasteiger partial charge in [-0.15, -0.1) is 12.6 Å². The normalized spacial score (nSPS) is 15.1.